The van der Waals surface area contributed by atoms with Crippen LogP contribution in [0.15, 0.2) is 55.0 Å². The topological polar surface area (TPSA) is 72.7 Å². The van der Waals surface area contributed by atoms with Crippen LogP contribution in [0.3, 0.4) is 0 Å². The van der Waals surface area contributed by atoms with Crippen molar-refractivity contribution in [2.75, 3.05) is 0 Å². The number of halogens is 4. The number of rotatable bonds is 5. The van der Waals surface area contributed by atoms with E-state index in [1.165, 1.54) is 29.2 Å². The Hall–Kier alpha value is -2.94. The van der Waals surface area contributed by atoms with E-state index in [9.17, 15) is 18.0 Å². The van der Waals surface area contributed by atoms with Gasteiger partial charge in [0.2, 0.25) is 0 Å². The van der Waals surface area contributed by atoms with Gasteiger partial charge in [-0.2, -0.15) is 13.2 Å². The molecule has 0 spiro atoms. The fourth-order valence-electron chi connectivity index (χ4n) is 2.39. The van der Waals surface area contributed by atoms with E-state index in [1.54, 1.807) is 24.3 Å². The molecule has 0 saturated carbocycles. The lowest BCUT2D eigenvalue weighted by atomic mass is 10.1. The second-order valence-corrected chi connectivity index (χ2v) is 6.03. The first-order chi connectivity index (χ1) is 12.8. The highest BCUT2D eigenvalue weighted by atomic mass is 35.5. The van der Waals surface area contributed by atoms with Gasteiger partial charge >= 0.3 is 6.18 Å². The summed E-state index contributed by atoms with van der Waals surface area (Å²) >= 11 is 6.06. The molecule has 27 heavy (non-hydrogen) atoms. The molecule has 0 aliphatic rings. The Morgan fingerprint density at radius 3 is 2.67 bits per heavy atom. The number of amides is 1. The molecule has 0 saturated heterocycles. The molecule has 140 valence electrons. The Kier molecular flexibility index (Phi) is 5.41. The summed E-state index contributed by atoms with van der Waals surface area (Å²) in [5.74, 6) is -0.994. The summed E-state index contributed by atoms with van der Waals surface area (Å²) in [7, 11) is 0. The van der Waals surface area contributed by atoms with E-state index in [1.807, 2.05) is 5.32 Å². The molecule has 0 bridgehead atoms. The number of nitrogens with zero attached hydrogens (tertiary/aromatic N) is 4. The van der Waals surface area contributed by atoms with Crippen molar-refractivity contribution >= 4 is 17.5 Å². The van der Waals surface area contributed by atoms with Crippen molar-refractivity contribution < 1.29 is 18.0 Å². The Balaban J connectivity index is 1.76. The quantitative estimate of drug-likeness (QED) is 0.718. The first-order valence-corrected chi connectivity index (χ1v) is 8.13. The van der Waals surface area contributed by atoms with Crippen LogP contribution >= 0.6 is 11.6 Å². The van der Waals surface area contributed by atoms with Gasteiger partial charge in [-0.15, -0.1) is 5.10 Å². The van der Waals surface area contributed by atoms with Crippen LogP contribution in [0.25, 0.3) is 0 Å². The summed E-state index contributed by atoms with van der Waals surface area (Å²) in [5, 5.41) is 9.85. The second kappa shape index (κ2) is 7.75. The van der Waals surface area contributed by atoms with Gasteiger partial charge in [-0.3, -0.25) is 9.78 Å². The van der Waals surface area contributed by atoms with Crippen LogP contribution in [-0.4, -0.2) is 32.1 Å². The number of carbonyl (C=O) groups is 1. The number of carbonyl (C=O) groups excluding carboxylic acids is 1. The first-order valence-electron chi connectivity index (χ1n) is 7.75. The van der Waals surface area contributed by atoms with Crippen molar-refractivity contribution in [3.8, 4) is 0 Å². The number of benzene rings is 1. The second-order valence-electron chi connectivity index (χ2n) is 5.63. The van der Waals surface area contributed by atoms with E-state index in [4.69, 9.17) is 11.6 Å². The van der Waals surface area contributed by atoms with Crippen molar-refractivity contribution in [3.05, 3.63) is 76.8 Å². The maximum absolute atomic E-state index is 13.3. The smallest absolute Gasteiger partial charge is 0.335 e. The Morgan fingerprint density at radius 2 is 2.00 bits per heavy atom. The van der Waals surface area contributed by atoms with E-state index >= 15 is 0 Å². The van der Waals surface area contributed by atoms with Gasteiger partial charge in [-0.1, -0.05) is 41.1 Å². The number of hydrogen-bond donors (Lipinski definition) is 1. The molecule has 3 aromatic rings. The molecule has 0 unspecified atom stereocenters. The number of nitrogens with one attached hydrogen (secondary N) is 1. The minimum atomic E-state index is -4.69. The normalized spacial score (nSPS) is 12.6. The predicted octanol–water partition coefficient (Wildman–Crippen LogP) is 3.41. The SMILES string of the molecule is O=C(N[C@H](c1cccnc1)C(F)(F)F)c1cn(Cc2ccccc2Cl)nn1. The maximum Gasteiger partial charge on any atom is 0.412 e. The van der Waals surface area contributed by atoms with Crippen molar-refractivity contribution in [3.63, 3.8) is 0 Å². The fourth-order valence-corrected chi connectivity index (χ4v) is 2.58. The molecule has 1 aromatic carbocycles. The molecule has 0 fully saturated rings. The van der Waals surface area contributed by atoms with Crippen LogP contribution < -0.4 is 5.32 Å². The van der Waals surface area contributed by atoms with Crippen LogP contribution in [0.1, 0.15) is 27.7 Å². The van der Waals surface area contributed by atoms with Gasteiger partial charge in [0.05, 0.1) is 12.7 Å². The van der Waals surface area contributed by atoms with Gasteiger partial charge in [0.1, 0.15) is 0 Å². The van der Waals surface area contributed by atoms with Gasteiger partial charge < -0.3 is 5.32 Å². The average molecular weight is 396 g/mol. The number of alkyl halides is 3. The summed E-state index contributed by atoms with van der Waals surface area (Å²) in [6.45, 7) is 0.227. The molecule has 1 amide bonds. The standard InChI is InChI=1S/C17H13ClF3N5O/c18-13-6-2-1-4-12(13)9-26-10-14(24-25-26)16(27)23-15(17(19,20)21)11-5-3-7-22-8-11/h1-8,10,15H,9H2,(H,23,27)/t15-/m1/s1. The zero-order chi connectivity index (χ0) is 19.4. The van der Waals surface area contributed by atoms with Crippen LogP contribution in [0, 0.1) is 0 Å². The monoisotopic (exact) mass is 395 g/mol. The van der Waals surface area contributed by atoms with Gasteiger partial charge in [-0.05, 0) is 17.7 Å². The van der Waals surface area contributed by atoms with Gasteiger partial charge in [0, 0.05) is 23.0 Å². The van der Waals surface area contributed by atoms with E-state index < -0.39 is 18.1 Å². The van der Waals surface area contributed by atoms with Gasteiger partial charge in [0.25, 0.3) is 5.91 Å². The number of pyridine rings is 1. The summed E-state index contributed by atoms with van der Waals surface area (Å²) in [4.78, 5) is 15.9. The minimum absolute atomic E-state index is 0.179. The molecule has 1 N–H and O–H groups in total. The number of hydrogen-bond acceptors (Lipinski definition) is 4. The lowest BCUT2D eigenvalue weighted by Gasteiger charge is -2.21. The van der Waals surface area contributed by atoms with E-state index in [0.29, 0.717) is 5.02 Å². The highest BCUT2D eigenvalue weighted by Gasteiger charge is 2.42. The molecule has 3 rings (SSSR count). The molecule has 0 aliphatic heterocycles. The van der Waals surface area contributed by atoms with Crippen LogP contribution in [0.4, 0.5) is 13.2 Å². The first kappa shape index (κ1) is 18.8. The van der Waals surface area contributed by atoms with Crippen LogP contribution in [-0.2, 0) is 6.54 Å². The van der Waals surface area contributed by atoms with E-state index in [0.717, 1.165) is 11.8 Å². The molecule has 0 aliphatic carbocycles. The summed E-state index contributed by atoms with van der Waals surface area (Å²) in [6, 6.07) is 7.41. The molecular weight excluding hydrogens is 383 g/mol. The van der Waals surface area contributed by atoms with E-state index in [2.05, 4.69) is 15.3 Å². The van der Waals surface area contributed by atoms with Gasteiger partial charge in [0.15, 0.2) is 11.7 Å². The fraction of sp³-hybridized carbons (Fsp3) is 0.176. The zero-order valence-corrected chi connectivity index (χ0v) is 14.4. The number of aromatic nitrogens is 4. The summed E-state index contributed by atoms with van der Waals surface area (Å²) < 4.78 is 41.3. The lowest BCUT2D eigenvalue weighted by molar-refractivity contribution is -0.155. The van der Waals surface area contributed by atoms with Crippen molar-refractivity contribution in [1.29, 1.82) is 0 Å². The Morgan fingerprint density at radius 1 is 1.22 bits per heavy atom. The lowest BCUT2D eigenvalue weighted by Crippen LogP contribution is -2.38. The van der Waals surface area contributed by atoms with E-state index in [-0.39, 0.29) is 17.8 Å². The molecular formula is C17H13ClF3N5O. The van der Waals surface area contributed by atoms with Crippen LogP contribution in [0.5, 0.6) is 0 Å². The zero-order valence-electron chi connectivity index (χ0n) is 13.7. The maximum atomic E-state index is 13.3. The largest absolute Gasteiger partial charge is 0.412 e. The third kappa shape index (κ3) is 4.62. The Bertz CT molecular complexity index is 930. The van der Waals surface area contributed by atoms with Crippen LogP contribution in [0.2, 0.25) is 5.02 Å². The summed E-state index contributed by atoms with van der Waals surface area (Å²) in [5.41, 5.74) is 0.321. The molecule has 6 nitrogen and oxygen atoms in total. The van der Waals surface area contributed by atoms with Crippen molar-refractivity contribution in [1.82, 2.24) is 25.3 Å². The predicted molar refractivity (Wildman–Crippen MR) is 91.1 cm³/mol. The van der Waals surface area contributed by atoms with Crippen molar-refractivity contribution in [2.45, 2.75) is 18.8 Å². The van der Waals surface area contributed by atoms with Crippen molar-refractivity contribution in [2.24, 2.45) is 0 Å². The highest BCUT2D eigenvalue weighted by molar-refractivity contribution is 6.31. The molecule has 0 radical (unpaired) electrons. The third-order valence-corrected chi connectivity index (χ3v) is 4.05. The molecule has 2 aromatic heterocycles. The van der Waals surface area contributed by atoms with Gasteiger partial charge in [-0.25, -0.2) is 4.68 Å². The molecule has 10 heteroatoms. The highest BCUT2D eigenvalue weighted by Crippen LogP contribution is 2.32. The average Bonchev–Trinajstić information content (AvgIpc) is 3.10. The molecule has 1 atom stereocenters. The third-order valence-electron chi connectivity index (χ3n) is 3.68. The Labute approximate surface area is 157 Å². The summed E-state index contributed by atoms with van der Waals surface area (Å²) in [6.07, 6.45) is -1.03. The molecule has 2 heterocycles. The minimum Gasteiger partial charge on any atom is -0.335 e.